The van der Waals surface area contributed by atoms with Gasteiger partial charge in [-0.25, -0.2) is 0 Å². The SMILES string of the molecule is C=CC1/C(=C(/C)CC2CC(CC)CC(C)C2C#N)C(C)CC(CC(C)(N)C(C(C)CC)C(C)C(C)C)C1O. The van der Waals surface area contributed by atoms with Gasteiger partial charge < -0.3 is 10.8 Å². The van der Waals surface area contributed by atoms with Crippen LogP contribution in [-0.4, -0.2) is 16.7 Å². The predicted molar refractivity (Wildman–Crippen MR) is 163 cm³/mol. The normalized spacial score (nSPS) is 37.6. The van der Waals surface area contributed by atoms with E-state index in [2.05, 4.69) is 81.9 Å². The highest BCUT2D eigenvalue weighted by Gasteiger charge is 2.45. The molecule has 2 rings (SSSR count). The predicted octanol–water partition coefficient (Wildman–Crippen LogP) is 8.79. The van der Waals surface area contributed by atoms with Crippen LogP contribution >= 0.6 is 0 Å². The highest BCUT2D eigenvalue weighted by atomic mass is 16.3. The van der Waals surface area contributed by atoms with Crippen molar-refractivity contribution in [3.05, 3.63) is 23.8 Å². The first-order chi connectivity index (χ1) is 17.7. The van der Waals surface area contributed by atoms with Crippen molar-refractivity contribution >= 4 is 0 Å². The van der Waals surface area contributed by atoms with E-state index < -0.39 is 6.10 Å². The molecule has 2 fully saturated rings. The van der Waals surface area contributed by atoms with Gasteiger partial charge in [0.05, 0.1) is 18.1 Å². The van der Waals surface area contributed by atoms with E-state index in [1.165, 1.54) is 24.0 Å². The minimum atomic E-state index is -0.455. The fourth-order valence-corrected chi connectivity index (χ4v) is 8.94. The Kier molecular flexibility index (Phi) is 12.2. The van der Waals surface area contributed by atoms with Crippen molar-refractivity contribution in [2.45, 2.75) is 126 Å². The summed E-state index contributed by atoms with van der Waals surface area (Å²) in [7, 11) is 0. The summed E-state index contributed by atoms with van der Waals surface area (Å²) in [6.45, 7) is 27.2. The number of rotatable bonds is 11. The lowest BCUT2D eigenvalue weighted by atomic mass is 9.60. The van der Waals surface area contributed by atoms with Crippen LogP contribution in [0.25, 0.3) is 0 Å². The van der Waals surface area contributed by atoms with Gasteiger partial charge in [-0.05, 0) is 99.2 Å². The molecule has 0 spiro atoms. The summed E-state index contributed by atoms with van der Waals surface area (Å²) in [5.74, 6) is 4.32. The largest absolute Gasteiger partial charge is 0.392 e. The monoisotopic (exact) mass is 526 g/mol. The Bertz CT molecular complexity index is 835. The van der Waals surface area contributed by atoms with Crippen LogP contribution in [0.1, 0.15) is 114 Å². The molecule has 0 amide bonds. The summed E-state index contributed by atoms with van der Waals surface area (Å²) in [6, 6.07) is 2.67. The van der Waals surface area contributed by atoms with Crippen LogP contribution in [0.4, 0.5) is 0 Å². The molecule has 3 nitrogen and oxygen atoms in total. The van der Waals surface area contributed by atoms with Crippen LogP contribution in [0.5, 0.6) is 0 Å². The third-order valence-corrected chi connectivity index (χ3v) is 11.2. The van der Waals surface area contributed by atoms with E-state index in [0.29, 0.717) is 41.4 Å². The number of nitriles is 1. The molecular formula is C35H62N2O. The minimum Gasteiger partial charge on any atom is -0.392 e. The molecule has 2 aliphatic carbocycles. The summed E-state index contributed by atoms with van der Waals surface area (Å²) >= 11 is 0. The Morgan fingerprint density at radius 1 is 1.16 bits per heavy atom. The molecule has 0 aromatic carbocycles. The average molecular weight is 527 g/mol. The van der Waals surface area contributed by atoms with E-state index in [0.717, 1.165) is 38.0 Å². The Morgan fingerprint density at radius 3 is 2.29 bits per heavy atom. The molecule has 2 saturated carbocycles. The maximum atomic E-state index is 11.8. The Hall–Kier alpha value is -1.11. The molecule has 12 unspecified atom stereocenters. The molecule has 2 aliphatic rings. The molecule has 0 saturated heterocycles. The lowest BCUT2D eigenvalue weighted by Gasteiger charge is -2.48. The first kappa shape index (κ1) is 33.1. The zero-order valence-electron chi connectivity index (χ0n) is 26.6. The summed E-state index contributed by atoms with van der Waals surface area (Å²) in [6.07, 6.45) is 8.97. The zero-order chi connectivity index (χ0) is 28.9. The highest BCUT2D eigenvalue weighted by Crippen LogP contribution is 2.48. The summed E-state index contributed by atoms with van der Waals surface area (Å²) < 4.78 is 0. The van der Waals surface area contributed by atoms with Crippen LogP contribution < -0.4 is 5.73 Å². The number of hydrogen-bond donors (Lipinski definition) is 2. The molecule has 3 N–H and O–H groups in total. The van der Waals surface area contributed by atoms with Crippen LogP contribution in [-0.2, 0) is 0 Å². The van der Waals surface area contributed by atoms with Crippen molar-refractivity contribution in [3.63, 3.8) is 0 Å². The van der Waals surface area contributed by atoms with Crippen molar-refractivity contribution in [1.29, 1.82) is 5.26 Å². The number of nitrogens with two attached hydrogens (primary N) is 1. The second-order valence-electron chi connectivity index (χ2n) is 14.5. The van der Waals surface area contributed by atoms with Gasteiger partial charge >= 0.3 is 0 Å². The molecule has 0 bridgehead atoms. The number of hydrogen-bond acceptors (Lipinski definition) is 3. The first-order valence-electron chi connectivity index (χ1n) is 15.9. The molecule has 0 aliphatic heterocycles. The minimum absolute atomic E-state index is 0.0346. The summed E-state index contributed by atoms with van der Waals surface area (Å²) in [5, 5.41) is 21.8. The Balaban J connectivity index is 2.31. The average Bonchev–Trinajstić information content (AvgIpc) is 2.84. The van der Waals surface area contributed by atoms with E-state index in [4.69, 9.17) is 5.73 Å². The third-order valence-electron chi connectivity index (χ3n) is 11.2. The number of aliphatic hydroxyl groups excluding tert-OH is 1. The Labute approximate surface area is 236 Å². The van der Waals surface area contributed by atoms with Gasteiger partial charge in [-0.2, -0.15) is 5.26 Å². The zero-order valence-corrected chi connectivity index (χ0v) is 26.6. The molecule has 0 aromatic heterocycles. The fraction of sp³-hybridized carbons (Fsp3) is 0.857. The number of nitrogens with zero attached hydrogens (tertiary/aromatic N) is 1. The molecular weight excluding hydrogens is 464 g/mol. The molecule has 3 heteroatoms. The molecule has 218 valence electrons. The second kappa shape index (κ2) is 14.0. The third kappa shape index (κ3) is 7.34. The fourth-order valence-electron chi connectivity index (χ4n) is 8.94. The van der Waals surface area contributed by atoms with E-state index in [1.807, 2.05) is 6.08 Å². The van der Waals surface area contributed by atoms with Crippen LogP contribution in [0.15, 0.2) is 23.8 Å². The van der Waals surface area contributed by atoms with Crippen LogP contribution in [0.3, 0.4) is 0 Å². The van der Waals surface area contributed by atoms with Crippen molar-refractivity contribution in [2.75, 3.05) is 0 Å². The van der Waals surface area contributed by atoms with Crippen LogP contribution in [0, 0.1) is 76.4 Å². The van der Waals surface area contributed by atoms with E-state index in [9.17, 15) is 10.4 Å². The maximum absolute atomic E-state index is 11.8. The Morgan fingerprint density at radius 2 is 1.79 bits per heavy atom. The van der Waals surface area contributed by atoms with Gasteiger partial charge in [-0.15, -0.1) is 6.58 Å². The van der Waals surface area contributed by atoms with Gasteiger partial charge in [-0.1, -0.05) is 85.5 Å². The highest BCUT2D eigenvalue weighted by molar-refractivity contribution is 5.27. The lowest BCUT2D eigenvalue weighted by Crippen LogP contribution is -2.54. The molecule has 38 heavy (non-hydrogen) atoms. The van der Waals surface area contributed by atoms with Gasteiger partial charge in [0.2, 0.25) is 0 Å². The summed E-state index contributed by atoms with van der Waals surface area (Å²) in [5.41, 5.74) is 9.64. The molecule has 0 aromatic rings. The van der Waals surface area contributed by atoms with Crippen molar-refractivity contribution in [1.82, 2.24) is 0 Å². The second-order valence-corrected chi connectivity index (χ2v) is 14.5. The smallest absolute Gasteiger partial charge is 0.0669 e. The van der Waals surface area contributed by atoms with Gasteiger partial charge in [0.1, 0.15) is 0 Å². The topological polar surface area (TPSA) is 70.0 Å². The first-order valence-corrected chi connectivity index (χ1v) is 15.9. The van der Waals surface area contributed by atoms with E-state index in [-0.39, 0.29) is 23.3 Å². The van der Waals surface area contributed by atoms with Crippen molar-refractivity contribution in [2.24, 2.45) is 70.8 Å². The molecule has 12 atom stereocenters. The quantitative estimate of drug-likeness (QED) is 0.264. The van der Waals surface area contributed by atoms with Gasteiger partial charge in [0.25, 0.3) is 0 Å². The van der Waals surface area contributed by atoms with Gasteiger partial charge in [0.15, 0.2) is 0 Å². The van der Waals surface area contributed by atoms with Crippen LogP contribution in [0.2, 0.25) is 0 Å². The maximum Gasteiger partial charge on any atom is 0.0669 e. The van der Waals surface area contributed by atoms with Crippen molar-refractivity contribution in [3.8, 4) is 6.07 Å². The molecule has 0 heterocycles. The standard InChI is InChI=1S/C35H62N2O/c1-12-22(6)33(26(10)21(4)5)35(11,37)19-29-17-25(9)32(30(14-3)34(29)38)24(8)16-28-18-27(13-2)15-23(7)31(28)20-36/h14,21-23,25-31,33-34,38H,3,12-13,15-19,37H2,1-2,4-11H3/b32-24-. The summed E-state index contributed by atoms with van der Waals surface area (Å²) in [4.78, 5) is 0. The lowest BCUT2D eigenvalue weighted by molar-refractivity contribution is 0.00994. The van der Waals surface area contributed by atoms with Gasteiger partial charge in [0, 0.05) is 11.5 Å². The molecule has 0 radical (unpaired) electrons. The number of allylic oxidation sites excluding steroid dienone is 1. The van der Waals surface area contributed by atoms with E-state index in [1.54, 1.807) is 0 Å². The van der Waals surface area contributed by atoms with E-state index >= 15 is 0 Å². The van der Waals surface area contributed by atoms with Gasteiger partial charge in [-0.3, -0.25) is 0 Å². The van der Waals surface area contributed by atoms with Crippen molar-refractivity contribution < 1.29 is 5.11 Å². The number of aliphatic hydroxyl groups is 1.